The maximum Gasteiger partial charge on any atom is 0.339 e. The number of fused-ring (bicyclic) bond motifs is 2. The number of aromatic carboxylic acids is 1. The van der Waals surface area contributed by atoms with E-state index in [4.69, 9.17) is 4.74 Å². The number of likely N-dealkylation sites (N-methyl/N-ethyl adjacent to an activating group) is 1. The predicted octanol–water partition coefficient (Wildman–Crippen LogP) is 3.40. The molecule has 6 rings (SSSR count). The zero-order chi connectivity index (χ0) is 26.4. The molecule has 4 aromatic rings. The second-order valence-electron chi connectivity index (χ2n) is 9.90. The number of benzene rings is 2. The maximum atomic E-state index is 13.6. The van der Waals surface area contributed by atoms with Crippen molar-refractivity contribution < 1.29 is 24.2 Å². The first-order valence-corrected chi connectivity index (χ1v) is 12.5. The number of carbonyl (C=O) groups excluding carboxylic acids is 2. The summed E-state index contributed by atoms with van der Waals surface area (Å²) in [6.07, 6.45) is 3.07. The Morgan fingerprint density at radius 3 is 2.61 bits per heavy atom. The molecule has 0 spiro atoms. The summed E-state index contributed by atoms with van der Waals surface area (Å²) in [4.78, 5) is 45.0. The Kier molecular flexibility index (Phi) is 5.67. The fraction of sp³-hybridized carbons (Fsp3) is 0.286. The van der Waals surface area contributed by atoms with E-state index in [9.17, 15) is 19.5 Å². The van der Waals surface area contributed by atoms with Gasteiger partial charge in [-0.2, -0.15) is 5.10 Å². The van der Waals surface area contributed by atoms with Crippen LogP contribution in [-0.2, 0) is 13.1 Å². The van der Waals surface area contributed by atoms with Gasteiger partial charge >= 0.3 is 5.97 Å². The number of hydrogen-bond donors (Lipinski definition) is 2. The van der Waals surface area contributed by atoms with Crippen molar-refractivity contribution in [3.05, 3.63) is 83.3 Å². The van der Waals surface area contributed by atoms with Crippen molar-refractivity contribution >= 4 is 28.7 Å². The number of ether oxygens (including phenoxy) is 1. The van der Waals surface area contributed by atoms with Crippen LogP contribution in [0.2, 0.25) is 0 Å². The molecule has 0 unspecified atom stereocenters. The molecule has 1 aliphatic carbocycles. The van der Waals surface area contributed by atoms with Crippen molar-refractivity contribution in [2.45, 2.75) is 31.5 Å². The van der Waals surface area contributed by atoms with E-state index in [1.807, 2.05) is 30.3 Å². The molecular formula is C28H27N5O5. The van der Waals surface area contributed by atoms with E-state index in [1.54, 1.807) is 45.9 Å². The minimum atomic E-state index is -1.06. The molecule has 0 radical (unpaired) electrons. The van der Waals surface area contributed by atoms with Crippen molar-refractivity contribution in [1.82, 2.24) is 24.6 Å². The second-order valence-corrected chi connectivity index (χ2v) is 9.90. The summed E-state index contributed by atoms with van der Waals surface area (Å²) in [5.74, 6) is -1.10. The minimum absolute atomic E-state index is 0.0858. The van der Waals surface area contributed by atoms with Gasteiger partial charge in [0, 0.05) is 24.5 Å². The lowest BCUT2D eigenvalue weighted by atomic mass is 10.1. The van der Waals surface area contributed by atoms with E-state index in [0.29, 0.717) is 30.0 Å². The molecule has 2 amide bonds. The molecule has 38 heavy (non-hydrogen) atoms. The Hall–Kier alpha value is -4.60. The molecule has 1 aliphatic heterocycles. The Morgan fingerprint density at radius 2 is 1.84 bits per heavy atom. The second kappa shape index (κ2) is 9.05. The number of aromatic amines is 1. The zero-order valence-electron chi connectivity index (χ0n) is 20.9. The first kappa shape index (κ1) is 23.8. The number of aromatic nitrogens is 3. The topological polar surface area (TPSA) is 121 Å². The van der Waals surface area contributed by atoms with Crippen LogP contribution in [0.3, 0.4) is 0 Å². The van der Waals surface area contributed by atoms with Crippen LogP contribution in [-0.4, -0.2) is 73.2 Å². The summed E-state index contributed by atoms with van der Waals surface area (Å²) >= 11 is 0. The van der Waals surface area contributed by atoms with Gasteiger partial charge in [-0.3, -0.25) is 14.3 Å². The van der Waals surface area contributed by atoms with Crippen molar-refractivity contribution in [2.75, 3.05) is 20.2 Å². The van der Waals surface area contributed by atoms with Gasteiger partial charge in [0.05, 0.1) is 36.1 Å². The van der Waals surface area contributed by atoms with Gasteiger partial charge in [0.1, 0.15) is 23.6 Å². The van der Waals surface area contributed by atoms with Crippen LogP contribution in [0.25, 0.3) is 10.9 Å². The van der Waals surface area contributed by atoms with Crippen LogP contribution in [0, 0.1) is 0 Å². The number of carboxylic acid groups (broad SMARTS) is 1. The number of amides is 2. The molecule has 0 bridgehead atoms. The molecule has 2 aromatic heterocycles. The van der Waals surface area contributed by atoms with Gasteiger partial charge in [-0.1, -0.05) is 30.3 Å². The third kappa shape index (κ3) is 4.07. The van der Waals surface area contributed by atoms with Crippen molar-refractivity contribution in [3.63, 3.8) is 0 Å². The van der Waals surface area contributed by atoms with E-state index >= 15 is 0 Å². The smallest absolute Gasteiger partial charge is 0.339 e. The summed E-state index contributed by atoms with van der Waals surface area (Å²) in [5, 5.41) is 14.8. The standard InChI is InChI=1S/C28H27N5O5/c1-31(28(10-11-28)17-38-24-9-5-3-7-19(24)27(36)37)25(34)20-15-29-33-13-12-32(16-23(20)33)26(35)22-14-18-6-2-4-8-21(18)30-22/h2-9,14-15,30H,10-13,16-17H2,1H3,(H,36,37). The zero-order valence-corrected chi connectivity index (χ0v) is 20.9. The monoisotopic (exact) mass is 513 g/mol. The summed E-state index contributed by atoms with van der Waals surface area (Å²) in [6.45, 7) is 1.46. The van der Waals surface area contributed by atoms with E-state index in [0.717, 1.165) is 23.7 Å². The van der Waals surface area contributed by atoms with Gasteiger partial charge in [-0.05, 0) is 37.1 Å². The molecular weight excluding hydrogens is 486 g/mol. The fourth-order valence-corrected chi connectivity index (χ4v) is 5.05. The molecule has 2 N–H and O–H groups in total. The lowest BCUT2D eigenvalue weighted by molar-refractivity contribution is 0.0615. The third-order valence-electron chi connectivity index (χ3n) is 7.61. The van der Waals surface area contributed by atoms with Gasteiger partial charge in [0.15, 0.2) is 0 Å². The van der Waals surface area contributed by atoms with Crippen LogP contribution >= 0.6 is 0 Å². The largest absolute Gasteiger partial charge is 0.490 e. The normalized spacial score (nSPS) is 15.7. The first-order valence-electron chi connectivity index (χ1n) is 12.5. The Morgan fingerprint density at radius 1 is 1.08 bits per heavy atom. The number of nitrogens with one attached hydrogen (secondary N) is 1. The van der Waals surface area contributed by atoms with Gasteiger partial charge in [-0.25, -0.2) is 4.79 Å². The molecule has 3 heterocycles. The Labute approximate surface area is 218 Å². The molecule has 2 aromatic carbocycles. The molecule has 1 fully saturated rings. The van der Waals surface area contributed by atoms with Gasteiger partial charge < -0.3 is 24.6 Å². The minimum Gasteiger partial charge on any atom is -0.490 e. The highest BCUT2D eigenvalue weighted by Gasteiger charge is 2.50. The van der Waals surface area contributed by atoms with E-state index in [1.165, 1.54) is 6.07 Å². The molecule has 0 atom stereocenters. The van der Waals surface area contributed by atoms with Crippen molar-refractivity contribution in [1.29, 1.82) is 0 Å². The maximum absolute atomic E-state index is 13.6. The highest BCUT2D eigenvalue weighted by molar-refractivity contribution is 5.99. The quantitative estimate of drug-likeness (QED) is 0.391. The third-order valence-corrected chi connectivity index (χ3v) is 7.61. The Bertz CT molecular complexity index is 1530. The molecule has 1 saturated carbocycles. The van der Waals surface area contributed by atoms with Gasteiger partial charge in [0.2, 0.25) is 0 Å². The lowest BCUT2D eigenvalue weighted by Gasteiger charge is -2.30. The fourth-order valence-electron chi connectivity index (χ4n) is 5.05. The van der Waals surface area contributed by atoms with E-state index < -0.39 is 11.5 Å². The SMILES string of the molecule is CN(C(=O)c1cnn2c1CN(C(=O)c1cc3ccccc3[nH]1)CC2)C1(COc2ccccc2C(=O)O)CC1. The van der Waals surface area contributed by atoms with Crippen LogP contribution in [0.15, 0.2) is 60.8 Å². The average molecular weight is 514 g/mol. The number of rotatable bonds is 7. The number of hydrogen-bond acceptors (Lipinski definition) is 5. The molecule has 2 aliphatic rings. The molecule has 194 valence electrons. The summed E-state index contributed by atoms with van der Waals surface area (Å²) in [5.41, 5.74) is 2.14. The van der Waals surface area contributed by atoms with Gasteiger partial charge in [-0.15, -0.1) is 0 Å². The number of carbonyl (C=O) groups is 3. The number of nitrogens with zero attached hydrogens (tertiary/aromatic N) is 4. The summed E-state index contributed by atoms with van der Waals surface area (Å²) in [7, 11) is 1.74. The van der Waals surface area contributed by atoms with E-state index in [-0.39, 0.29) is 36.3 Å². The lowest BCUT2D eigenvalue weighted by Crippen LogP contribution is -2.44. The number of para-hydroxylation sites is 2. The van der Waals surface area contributed by atoms with Crippen molar-refractivity contribution in [2.24, 2.45) is 0 Å². The first-order chi connectivity index (χ1) is 18.4. The highest BCUT2D eigenvalue weighted by atomic mass is 16.5. The number of H-pyrrole nitrogens is 1. The molecule has 10 nitrogen and oxygen atoms in total. The highest BCUT2D eigenvalue weighted by Crippen LogP contribution is 2.42. The van der Waals surface area contributed by atoms with E-state index in [2.05, 4.69) is 10.1 Å². The summed E-state index contributed by atoms with van der Waals surface area (Å²) < 4.78 is 7.68. The summed E-state index contributed by atoms with van der Waals surface area (Å²) in [6, 6.07) is 16.1. The van der Waals surface area contributed by atoms with Crippen LogP contribution in [0.5, 0.6) is 5.75 Å². The van der Waals surface area contributed by atoms with Crippen molar-refractivity contribution in [3.8, 4) is 5.75 Å². The predicted molar refractivity (Wildman–Crippen MR) is 138 cm³/mol. The van der Waals surface area contributed by atoms with Crippen LogP contribution in [0.1, 0.15) is 49.7 Å². The number of carboxylic acids is 1. The van der Waals surface area contributed by atoms with Gasteiger partial charge in [0.25, 0.3) is 11.8 Å². The molecule has 10 heteroatoms. The molecule has 0 saturated heterocycles. The van der Waals surface area contributed by atoms with Crippen LogP contribution < -0.4 is 4.74 Å². The average Bonchev–Trinajstić information content (AvgIpc) is 3.41. The van der Waals surface area contributed by atoms with Crippen LogP contribution in [0.4, 0.5) is 0 Å². The Balaban J connectivity index is 1.18.